The van der Waals surface area contributed by atoms with Crippen LogP contribution in [-0.4, -0.2) is 12.3 Å². The molecule has 0 heterocycles. The number of hydrogen-bond acceptors (Lipinski definition) is 2. The highest BCUT2D eigenvalue weighted by atomic mass is 19.4. The Kier molecular flexibility index (Phi) is 3.90. The maximum atomic E-state index is 12.6. The van der Waals surface area contributed by atoms with Gasteiger partial charge in [0.15, 0.2) is 5.78 Å². The summed E-state index contributed by atoms with van der Waals surface area (Å²) in [6.07, 6.45) is -4.37. The van der Waals surface area contributed by atoms with Crippen molar-refractivity contribution < 1.29 is 18.0 Å². The molecule has 0 aliphatic rings. The summed E-state index contributed by atoms with van der Waals surface area (Å²) in [5.41, 5.74) is 6.06. The summed E-state index contributed by atoms with van der Waals surface area (Å²) in [4.78, 5) is 11.4. The zero-order valence-corrected chi connectivity index (χ0v) is 10.4. The second kappa shape index (κ2) is 5.46. The van der Waals surface area contributed by atoms with Crippen molar-refractivity contribution in [2.24, 2.45) is 5.73 Å². The third-order valence-corrected chi connectivity index (χ3v) is 2.92. The molecule has 0 bridgehead atoms. The number of Topliss-reactive ketones (excluding diaryl/α,β-unsaturated/α-hetero) is 1. The molecule has 0 fully saturated rings. The summed E-state index contributed by atoms with van der Waals surface area (Å²) in [5.74, 6) is -0.208. The van der Waals surface area contributed by atoms with Crippen LogP contribution in [0.2, 0.25) is 0 Å². The lowest BCUT2D eigenvalue weighted by atomic mass is 10.0. The van der Waals surface area contributed by atoms with Crippen molar-refractivity contribution >= 4 is 5.78 Å². The van der Waals surface area contributed by atoms with E-state index in [4.69, 9.17) is 5.73 Å². The SMILES string of the molecule is NCC(=O)c1ccc(-c2cccc(C(F)(F)F)c2)cc1. The van der Waals surface area contributed by atoms with Gasteiger partial charge in [-0.05, 0) is 23.3 Å². The van der Waals surface area contributed by atoms with Gasteiger partial charge in [0.2, 0.25) is 0 Å². The lowest BCUT2D eigenvalue weighted by Gasteiger charge is -2.09. The average Bonchev–Trinajstić information content (AvgIpc) is 2.46. The van der Waals surface area contributed by atoms with Crippen molar-refractivity contribution in [3.8, 4) is 11.1 Å². The van der Waals surface area contributed by atoms with E-state index < -0.39 is 11.7 Å². The second-order valence-electron chi connectivity index (χ2n) is 4.28. The van der Waals surface area contributed by atoms with E-state index >= 15 is 0 Å². The predicted octanol–water partition coefficient (Wildman–Crippen LogP) is 3.51. The predicted molar refractivity (Wildman–Crippen MR) is 70.3 cm³/mol. The lowest BCUT2D eigenvalue weighted by molar-refractivity contribution is -0.137. The molecule has 0 atom stereocenters. The van der Waals surface area contributed by atoms with E-state index in [1.807, 2.05) is 0 Å². The maximum Gasteiger partial charge on any atom is 0.416 e. The topological polar surface area (TPSA) is 43.1 Å². The van der Waals surface area contributed by atoms with Crippen molar-refractivity contribution in [3.05, 3.63) is 59.7 Å². The Morgan fingerprint density at radius 1 is 1.00 bits per heavy atom. The molecule has 0 radical (unpaired) electrons. The fourth-order valence-electron chi connectivity index (χ4n) is 1.84. The number of carbonyl (C=O) groups excluding carboxylic acids is 1. The summed E-state index contributed by atoms with van der Waals surface area (Å²) in [6.45, 7) is -0.0943. The van der Waals surface area contributed by atoms with Crippen LogP contribution in [0.15, 0.2) is 48.5 Å². The Balaban J connectivity index is 2.35. The van der Waals surface area contributed by atoms with Crippen LogP contribution >= 0.6 is 0 Å². The number of halogens is 3. The first-order valence-corrected chi connectivity index (χ1v) is 5.93. The molecule has 2 rings (SSSR count). The fourth-order valence-corrected chi connectivity index (χ4v) is 1.84. The molecule has 0 aliphatic carbocycles. The van der Waals surface area contributed by atoms with Gasteiger partial charge in [-0.3, -0.25) is 4.79 Å². The highest BCUT2D eigenvalue weighted by molar-refractivity contribution is 5.97. The summed E-state index contributed by atoms with van der Waals surface area (Å²) >= 11 is 0. The minimum absolute atomic E-state index is 0.0943. The van der Waals surface area contributed by atoms with Gasteiger partial charge < -0.3 is 5.73 Å². The second-order valence-corrected chi connectivity index (χ2v) is 4.28. The van der Waals surface area contributed by atoms with Gasteiger partial charge in [-0.25, -0.2) is 0 Å². The summed E-state index contributed by atoms with van der Waals surface area (Å²) in [7, 11) is 0. The maximum absolute atomic E-state index is 12.6. The van der Waals surface area contributed by atoms with Gasteiger partial charge in [0.05, 0.1) is 12.1 Å². The molecule has 104 valence electrons. The molecular formula is C15H12F3NO. The Morgan fingerprint density at radius 2 is 1.65 bits per heavy atom. The molecule has 2 aromatic rings. The lowest BCUT2D eigenvalue weighted by Crippen LogP contribution is -2.13. The Hall–Kier alpha value is -2.14. The first-order chi connectivity index (χ1) is 9.41. The van der Waals surface area contributed by atoms with Crippen molar-refractivity contribution in [1.82, 2.24) is 0 Å². The first-order valence-electron chi connectivity index (χ1n) is 5.93. The molecule has 0 amide bonds. The Labute approximate surface area is 114 Å². The van der Waals surface area contributed by atoms with E-state index in [0.717, 1.165) is 12.1 Å². The van der Waals surface area contributed by atoms with Crippen LogP contribution in [0.3, 0.4) is 0 Å². The number of hydrogen-bond donors (Lipinski definition) is 1. The van der Waals surface area contributed by atoms with Gasteiger partial charge >= 0.3 is 6.18 Å². The van der Waals surface area contributed by atoms with E-state index in [-0.39, 0.29) is 12.3 Å². The highest BCUT2D eigenvalue weighted by Gasteiger charge is 2.30. The van der Waals surface area contributed by atoms with Crippen LogP contribution < -0.4 is 5.73 Å². The van der Waals surface area contributed by atoms with E-state index in [0.29, 0.717) is 16.7 Å². The van der Waals surface area contributed by atoms with Gasteiger partial charge in [-0.15, -0.1) is 0 Å². The van der Waals surface area contributed by atoms with Crippen molar-refractivity contribution in [2.45, 2.75) is 6.18 Å². The van der Waals surface area contributed by atoms with Crippen molar-refractivity contribution in [1.29, 1.82) is 0 Å². The number of rotatable bonds is 3. The summed E-state index contributed by atoms with van der Waals surface area (Å²) in [5, 5.41) is 0. The number of nitrogens with two attached hydrogens (primary N) is 1. The monoisotopic (exact) mass is 279 g/mol. The normalized spacial score (nSPS) is 11.4. The minimum atomic E-state index is -4.37. The summed E-state index contributed by atoms with van der Waals surface area (Å²) < 4.78 is 37.9. The molecule has 2 N–H and O–H groups in total. The van der Waals surface area contributed by atoms with Crippen LogP contribution in [0.4, 0.5) is 13.2 Å². The van der Waals surface area contributed by atoms with Gasteiger partial charge in [-0.1, -0.05) is 36.4 Å². The molecule has 2 nitrogen and oxygen atoms in total. The zero-order valence-electron chi connectivity index (χ0n) is 10.4. The van der Waals surface area contributed by atoms with Crippen LogP contribution in [0.25, 0.3) is 11.1 Å². The molecule has 0 aromatic heterocycles. The van der Waals surface area contributed by atoms with Gasteiger partial charge in [-0.2, -0.15) is 13.2 Å². The molecule has 5 heteroatoms. The number of carbonyl (C=O) groups is 1. The van der Waals surface area contributed by atoms with Crippen LogP contribution in [-0.2, 0) is 6.18 Å². The Morgan fingerprint density at radius 3 is 2.20 bits per heavy atom. The van der Waals surface area contributed by atoms with Gasteiger partial charge in [0.25, 0.3) is 0 Å². The van der Waals surface area contributed by atoms with E-state index in [1.165, 1.54) is 6.07 Å². The van der Waals surface area contributed by atoms with Gasteiger partial charge in [0, 0.05) is 5.56 Å². The first kappa shape index (κ1) is 14.3. The molecule has 2 aromatic carbocycles. The molecule has 0 saturated heterocycles. The average molecular weight is 279 g/mol. The van der Waals surface area contributed by atoms with Gasteiger partial charge in [0.1, 0.15) is 0 Å². The van der Waals surface area contributed by atoms with E-state index in [9.17, 15) is 18.0 Å². The molecule has 0 spiro atoms. The van der Waals surface area contributed by atoms with Crippen molar-refractivity contribution in [3.63, 3.8) is 0 Å². The number of ketones is 1. The van der Waals surface area contributed by atoms with E-state index in [2.05, 4.69) is 0 Å². The van der Waals surface area contributed by atoms with Crippen LogP contribution in [0.5, 0.6) is 0 Å². The standard InChI is InChI=1S/C15H12F3NO/c16-15(17,18)13-3-1-2-12(8-13)10-4-6-11(7-5-10)14(20)9-19/h1-8H,9,19H2. The molecule has 20 heavy (non-hydrogen) atoms. The van der Waals surface area contributed by atoms with Crippen LogP contribution in [0.1, 0.15) is 15.9 Å². The quantitative estimate of drug-likeness (QED) is 0.874. The molecule has 0 unspecified atom stereocenters. The Bertz CT molecular complexity index is 618. The zero-order chi connectivity index (χ0) is 14.8. The third-order valence-electron chi connectivity index (χ3n) is 2.92. The molecular weight excluding hydrogens is 267 g/mol. The van der Waals surface area contributed by atoms with Crippen molar-refractivity contribution in [2.75, 3.05) is 6.54 Å². The van der Waals surface area contributed by atoms with E-state index in [1.54, 1.807) is 30.3 Å². The fraction of sp³-hybridized carbons (Fsp3) is 0.133. The highest BCUT2D eigenvalue weighted by Crippen LogP contribution is 2.32. The number of benzene rings is 2. The third kappa shape index (κ3) is 3.05. The molecule has 0 saturated carbocycles. The van der Waals surface area contributed by atoms with Crippen LogP contribution in [0, 0.1) is 0 Å². The number of alkyl halides is 3. The largest absolute Gasteiger partial charge is 0.416 e. The molecule has 0 aliphatic heterocycles. The summed E-state index contributed by atoms with van der Waals surface area (Å²) in [6, 6.07) is 11.4. The minimum Gasteiger partial charge on any atom is -0.324 e. The smallest absolute Gasteiger partial charge is 0.324 e.